The van der Waals surface area contributed by atoms with E-state index in [0.717, 1.165) is 35.5 Å². The highest BCUT2D eigenvalue weighted by Crippen LogP contribution is 2.46. The fourth-order valence-electron chi connectivity index (χ4n) is 6.50. The van der Waals surface area contributed by atoms with Crippen LogP contribution in [0.2, 0.25) is 5.02 Å². The Kier molecular flexibility index (Phi) is 8.05. The summed E-state index contributed by atoms with van der Waals surface area (Å²) in [7, 11) is 1.64. The van der Waals surface area contributed by atoms with Gasteiger partial charge in [0.05, 0.1) is 17.7 Å². The molecular weight excluding hydrogens is 576 g/mol. The number of rotatable bonds is 7. The Morgan fingerprint density at radius 1 is 1.16 bits per heavy atom. The molecule has 43 heavy (non-hydrogen) atoms. The van der Waals surface area contributed by atoms with E-state index in [1.807, 2.05) is 48.7 Å². The molecule has 1 atom stereocenters. The van der Waals surface area contributed by atoms with E-state index in [2.05, 4.69) is 61.8 Å². The number of amidine groups is 1. The van der Waals surface area contributed by atoms with E-state index in [1.165, 1.54) is 34.0 Å². The molecule has 1 saturated heterocycles. The molecule has 8 heteroatoms. The minimum Gasteiger partial charge on any atom is -0.497 e. The van der Waals surface area contributed by atoms with Crippen molar-refractivity contribution in [1.82, 2.24) is 9.88 Å². The number of H-pyrrole nitrogens is 1. The predicted octanol–water partition coefficient (Wildman–Crippen LogP) is 8.79. The summed E-state index contributed by atoms with van der Waals surface area (Å²) in [6.07, 6.45) is 5.72. The minimum absolute atomic E-state index is 0.0554. The van der Waals surface area contributed by atoms with E-state index in [-0.39, 0.29) is 11.4 Å². The zero-order valence-electron chi connectivity index (χ0n) is 25.3. The fourth-order valence-corrected chi connectivity index (χ4v) is 7.73. The van der Waals surface area contributed by atoms with E-state index in [4.69, 9.17) is 21.3 Å². The Morgan fingerprint density at radius 2 is 1.93 bits per heavy atom. The molecule has 0 radical (unpaired) electrons. The van der Waals surface area contributed by atoms with Crippen LogP contribution in [0.15, 0.2) is 76.8 Å². The Labute approximate surface area is 262 Å². The summed E-state index contributed by atoms with van der Waals surface area (Å²) in [5.41, 5.74) is 6.40. The maximum absolute atomic E-state index is 14.0. The van der Waals surface area contributed by atoms with Gasteiger partial charge in [-0.05, 0) is 117 Å². The van der Waals surface area contributed by atoms with E-state index in [9.17, 15) is 4.79 Å². The normalized spacial score (nSPS) is 20.0. The molecule has 2 aliphatic heterocycles. The van der Waals surface area contributed by atoms with Gasteiger partial charge in [-0.1, -0.05) is 36.7 Å². The quantitative estimate of drug-likeness (QED) is 0.212. The van der Waals surface area contributed by atoms with Crippen molar-refractivity contribution in [2.75, 3.05) is 25.1 Å². The van der Waals surface area contributed by atoms with Crippen LogP contribution in [0, 0.1) is 0 Å². The van der Waals surface area contributed by atoms with Crippen molar-refractivity contribution < 1.29 is 9.53 Å². The molecule has 1 aromatic heterocycles. The van der Waals surface area contributed by atoms with E-state index >= 15 is 0 Å². The number of nitrogens with one attached hydrogen (secondary N) is 1. The summed E-state index contributed by atoms with van der Waals surface area (Å²) < 4.78 is 5.31. The molecule has 3 heterocycles. The van der Waals surface area contributed by atoms with Crippen molar-refractivity contribution in [2.45, 2.75) is 52.0 Å². The average molecular weight is 613 g/mol. The van der Waals surface area contributed by atoms with Gasteiger partial charge in [0.2, 0.25) is 0 Å². The number of aromatic nitrogens is 1. The number of para-hydroxylation sites is 1. The molecule has 6 nitrogen and oxygen atoms in total. The van der Waals surface area contributed by atoms with E-state index < -0.39 is 0 Å². The second-order valence-corrected chi connectivity index (χ2v) is 13.3. The maximum atomic E-state index is 14.0. The lowest BCUT2D eigenvalue weighted by Gasteiger charge is -2.47. The van der Waals surface area contributed by atoms with Gasteiger partial charge in [-0.2, -0.15) is 0 Å². The van der Waals surface area contributed by atoms with Gasteiger partial charge in [-0.15, -0.1) is 0 Å². The van der Waals surface area contributed by atoms with Crippen LogP contribution in [0.1, 0.15) is 56.7 Å². The third kappa shape index (κ3) is 5.68. The molecular formula is C35H37ClN4O2S. The van der Waals surface area contributed by atoms with Gasteiger partial charge >= 0.3 is 0 Å². The Balaban J connectivity index is 1.35. The molecule has 0 bridgehead atoms. The lowest BCUT2D eigenvalue weighted by atomic mass is 9.79. The van der Waals surface area contributed by atoms with Gasteiger partial charge in [0.25, 0.3) is 5.91 Å². The summed E-state index contributed by atoms with van der Waals surface area (Å²) >= 11 is 8.31. The van der Waals surface area contributed by atoms with Gasteiger partial charge in [0.15, 0.2) is 5.17 Å². The monoisotopic (exact) mass is 612 g/mol. The Hall–Kier alpha value is -3.68. The largest absolute Gasteiger partial charge is 0.497 e. The van der Waals surface area contributed by atoms with Crippen LogP contribution >= 0.6 is 23.4 Å². The maximum Gasteiger partial charge on any atom is 0.266 e. The molecule has 222 valence electrons. The van der Waals surface area contributed by atoms with Crippen LogP contribution < -0.4 is 9.64 Å². The first-order valence-corrected chi connectivity index (χ1v) is 16.0. The fraction of sp³-hybridized carbons (Fsp3) is 0.314. The molecule has 1 N–H and O–H groups in total. The highest BCUT2D eigenvalue weighted by molar-refractivity contribution is 8.18. The minimum atomic E-state index is -0.0599. The first-order valence-electron chi connectivity index (χ1n) is 14.8. The van der Waals surface area contributed by atoms with Crippen LogP contribution in [0.4, 0.5) is 11.4 Å². The number of methoxy groups -OCH3 is 1. The summed E-state index contributed by atoms with van der Waals surface area (Å²) in [5.74, 6) is 1.08. The molecule has 1 unspecified atom stereocenters. The van der Waals surface area contributed by atoms with Gasteiger partial charge < -0.3 is 14.6 Å². The molecule has 3 aromatic carbocycles. The molecule has 0 spiro atoms. The first kappa shape index (κ1) is 29.4. The second kappa shape index (κ2) is 11.8. The van der Waals surface area contributed by atoms with E-state index in [0.29, 0.717) is 34.0 Å². The van der Waals surface area contributed by atoms with Crippen LogP contribution in [-0.4, -0.2) is 46.7 Å². The number of hydrogen-bond acceptors (Lipinski definition) is 5. The van der Waals surface area contributed by atoms with Gasteiger partial charge in [0, 0.05) is 46.4 Å². The van der Waals surface area contributed by atoms with Crippen molar-refractivity contribution in [2.24, 2.45) is 4.99 Å². The van der Waals surface area contributed by atoms with Crippen LogP contribution in [0.3, 0.4) is 0 Å². The van der Waals surface area contributed by atoms with Gasteiger partial charge in [0.1, 0.15) is 5.75 Å². The smallest absolute Gasteiger partial charge is 0.266 e. The van der Waals surface area contributed by atoms with Crippen molar-refractivity contribution in [3.8, 4) is 5.75 Å². The lowest BCUT2D eigenvalue weighted by Crippen LogP contribution is -2.48. The number of halogens is 1. The molecule has 0 saturated carbocycles. The number of nitrogens with zero attached hydrogens (tertiary/aromatic N) is 3. The standard InChI is InChI=1S/C35H37ClN4O2S/c1-6-40-31-19-29(36)24(17-28(31)22(2)20-35(40,3)4)18-32-33(41)39(16-15-23-21-37-30-10-8-7-9-27(23)30)34(43-32)38-25-11-13-26(42-5)14-12-25/h7-14,17-19,21-22,37H,6,15-16,20H2,1-5H3/b32-18+,38-34?. The number of carbonyl (C=O) groups excluding carboxylic acids is 1. The third-order valence-electron chi connectivity index (χ3n) is 8.57. The number of hydrogen-bond donors (Lipinski definition) is 1. The molecule has 1 fully saturated rings. The molecule has 4 aromatic rings. The number of aliphatic imine (C=N–C) groups is 1. The van der Waals surface area contributed by atoms with Crippen LogP contribution in [0.25, 0.3) is 17.0 Å². The number of aromatic amines is 1. The van der Waals surface area contributed by atoms with Crippen molar-refractivity contribution >= 4 is 62.8 Å². The van der Waals surface area contributed by atoms with Crippen molar-refractivity contribution in [1.29, 1.82) is 0 Å². The predicted molar refractivity (Wildman–Crippen MR) is 181 cm³/mol. The topological polar surface area (TPSA) is 60.9 Å². The lowest BCUT2D eigenvalue weighted by molar-refractivity contribution is -0.122. The number of amides is 1. The Bertz CT molecular complexity index is 1740. The number of benzene rings is 3. The third-order valence-corrected chi connectivity index (χ3v) is 9.91. The Morgan fingerprint density at radius 3 is 2.67 bits per heavy atom. The summed E-state index contributed by atoms with van der Waals surface area (Å²) in [5, 5.41) is 2.47. The van der Waals surface area contributed by atoms with Crippen molar-refractivity contribution in [3.05, 3.63) is 93.5 Å². The molecule has 2 aliphatic rings. The van der Waals surface area contributed by atoms with Crippen LogP contribution in [-0.2, 0) is 11.2 Å². The number of thioether (sulfide) groups is 1. The molecule has 6 rings (SSSR count). The molecule has 1 amide bonds. The van der Waals surface area contributed by atoms with E-state index in [1.54, 1.807) is 12.0 Å². The highest BCUT2D eigenvalue weighted by atomic mass is 35.5. The number of anilines is 1. The van der Waals surface area contributed by atoms with Crippen LogP contribution in [0.5, 0.6) is 5.75 Å². The van der Waals surface area contributed by atoms with Crippen molar-refractivity contribution in [3.63, 3.8) is 0 Å². The SMILES string of the molecule is CCN1c2cc(Cl)c(/C=C3/SC(=Nc4ccc(OC)cc4)N(CCc4c[nH]c5ccccc45)C3=O)cc2C(C)CC1(C)C. The zero-order valence-corrected chi connectivity index (χ0v) is 26.9. The highest BCUT2D eigenvalue weighted by Gasteiger charge is 2.37. The number of carbonyl (C=O) groups is 1. The summed E-state index contributed by atoms with van der Waals surface area (Å²) in [4.78, 5) is 27.0. The summed E-state index contributed by atoms with van der Waals surface area (Å²) in [6, 6.07) is 20.1. The average Bonchev–Trinajstić information content (AvgIpc) is 3.52. The van der Waals surface area contributed by atoms with Gasteiger partial charge in [-0.3, -0.25) is 9.69 Å². The summed E-state index contributed by atoms with van der Waals surface area (Å²) in [6.45, 7) is 10.5. The number of fused-ring (bicyclic) bond motifs is 2. The molecule has 0 aliphatic carbocycles. The van der Waals surface area contributed by atoms with Gasteiger partial charge in [-0.25, -0.2) is 4.99 Å². The number of ether oxygens (including phenoxy) is 1. The second-order valence-electron chi connectivity index (χ2n) is 11.9. The first-order chi connectivity index (χ1) is 20.7. The zero-order chi connectivity index (χ0) is 30.3.